The summed E-state index contributed by atoms with van der Waals surface area (Å²) in [6.07, 6.45) is 2.94. The predicted octanol–water partition coefficient (Wildman–Crippen LogP) is 2.54. The van der Waals surface area contributed by atoms with Gasteiger partial charge in [-0.3, -0.25) is 4.79 Å². The Morgan fingerprint density at radius 2 is 2.17 bits per heavy atom. The fourth-order valence-electron chi connectivity index (χ4n) is 1.54. The Morgan fingerprint density at radius 3 is 2.89 bits per heavy atom. The van der Waals surface area contributed by atoms with Gasteiger partial charge < -0.3 is 15.2 Å². The van der Waals surface area contributed by atoms with E-state index in [9.17, 15) is 9.90 Å². The molecule has 0 aliphatic rings. The highest BCUT2D eigenvalue weighted by Gasteiger charge is 2.10. The largest absolute Gasteiger partial charge is 0.507 e. The molecule has 0 saturated heterocycles. The highest BCUT2D eigenvalue weighted by atomic mass is 127. The van der Waals surface area contributed by atoms with Crippen molar-refractivity contribution in [2.45, 2.75) is 19.3 Å². The number of phenolic OH excluding ortho intramolecular Hbond substituents is 1. The van der Waals surface area contributed by atoms with E-state index in [1.165, 1.54) is 6.07 Å². The number of benzene rings is 1. The molecule has 0 aromatic heterocycles. The first-order chi connectivity index (χ1) is 8.65. The van der Waals surface area contributed by atoms with E-state index >= 15 is 0 Å². The summed E-state index contributed by atoms with van der Waals surface area (Å²) in [6.45, 7) is 1.37. The van der Waals surface area contributed by atoms with Gasteiger partial charge in [-0.15, -0.1) is 0 Å². The average molecular weight is 363 g/mol. The lowest BCUT2D eigenvalue weighted by Gasteiger charge is -2.07. The number of ether oxygens (including phenoxy) is 1. The lowest BCUT2D eigenvalue weighted by Crippen LogP contribution is -2.24. The molecule has 0 atom stereocenters. The number of halogens is 1. The number of aromatic hydroxyl groups is 1. The highest BCUT2D eigenvalue weighted by molar-refractivity contribution is 14.1. The molecular formula is C13H18INO3. The van der Waals surface area contributed by atoms with Crippen LogP contribution in [-0.2, 0) is 4.74 Å². The van der Waals surface area contributed by atoms with E-state index in [1.54, 1.807) is 19.2 Å². The van der Waals surface area contributed by atoms with Crippen LogP contribution in [0.25, 0.3) is 0 Å². The second-order valence-corrected chi connectivity index (χ2v) is 5.22. The first-order valence-electron chi connectivity index (χ1n) is 5.91. The van der Waals surface area contributed by atoms with E-state index in [0.29, 0.717) is 12.1 Å². The Bertz CT molecular complexity index is 396. The molecule has 0 spiro atoms. The normalized spacial score (nSPS) is 10.3. The second kappa shape index (κ2) is 8.31. The van der Waals surface area contributed by atoms with Gasteiger partial charge in [-0.25, -0.2) is 0 Å². The molecule has 1 rings (SSSR count). The molecule has 2 N–H and O–H groups in total. The Hall–Kier alpha value is -0.820. The minimum absolute atomic E-state index is 0.0206. The van der Waals surface area contributed by atoms with Crippen LogP contribution in [0.2, 0.25) is 0 Å². The summed E-state index contributed by atoms with van der Waals surface area (Å²) in [4.78, 5) is 11.8. The van der Waals surface area contributed by atoms with E-state index < -0.39 is 0 Å². The van der Waals surface area contributed by atoms with Gasteiger partial charge in [-0.1, -0.05) is 0 Å². The molecule has 18 heavy (non-hydrogen) atoms. The topological polar surface area (TPSA) is 58.6 Å². The Morgan fingerprint density at radius 1 is 1.39 bits per heavy atom. The number of nitrogens with one attached hydrogen (secondary N) is 1. The van der Waals surface area contributed by atoms with Gasteiger partial charge in [-0.2, -0.15) is 0 Å². The standard InChI is InChI=1S/C13H18INO3/c1-18-8-4-2-3-7-15-13(17)11-9-10(14)5-6-12(11)16/h5-6,9,16H,2-4,7-8H2,1H3,(H,15,17). The third kappa shape index (κ3) is 5.22. The zero-order chi connectivity index (χ0) is 13.4. The third-order valence-corrected chi connectivity index (χ3v) is 3.19. The monoisotopic (exact) mass is 363 g/mol. The van der Waals surface area contributed by atoms with E-state index in [1.807, 2.05) is 0 Å². The number of carbonyl (C=O) groups is 1. The van der Waals surface area contributed by atoms with Gasteiger partial charge >= 0.3 is 0 Å². The van der Waals surface area contributed by atoms with Crippen LogP contribution in [0.5, 0.6) is 5.75 Å². The molecular weight excluding hydrogens is 345 g/mol. The quantitative estimate of drug-likeness (QED) is 0.578. The maximum absolute atomic E-state index is 11.8. The van der Waals surface area contributed by atoms with Crippen LogP contribution in [0.1, 0.15) is 29.6 Å². The molecule has 5 heteroatoms. The lowest BCUT2D eigenvalue weighted by atomic mass is 10.2. The molecule has 4 nitrogen and oxygen atoms in total. The van der Waals surface area contributed by atoms with Crippen LogP contribution >= 0.6 is 22.6 Å². The van der Waals surface area contributed by atoms with Crippen molar-refractivity contribution in [3.8, 4) is 5.75 Å². The smallest absolute Gasteiger partial charge is 0.255 e. The van der Waals surface area contributed by atoms with Gasteiger partial charge in [0.2, 0.25) is 0 Å². The molecule has 0 heterocycles. The molecule has 0 aliphatic heterocycles. The van der Waals surface area contributed by atoms with E-state index in [0.717, 1.165) is 29.4 Å². The molecule has 0 aliphatic carbocycles. The maximum atomic E-state index is 11.8. The first-order valence-corrected chi connectivity index (χ1v) is 6.98. The molecule has 1 aromatic rings. The predicted molar refractivity (Wildman–Crippen MR) is 78.9 cm³/mol. The summed E-state index contributed by atoms with van der Waals surface area (Å²) in [7, 11) is 1.68. The molecule has 1 aromatic carbocycles. The van der Waals surface area contributed by atoms with E-state index in [4.69, 9.17) is 4.74 Å². The number of amides is 1. The minimum atomic E-state index is -0.224. The van der Waals surface area contributed by atoms with E-state index in [-0.39, 0.29) is 11.7 Å². The van der Waals surface area contributed by atoms with Gasteiger partial charge in [0.15, 0.2) is 0 Å². The van der Waals surface area contributed by atoms with Gasteiger partial charge in [0.25, 0.3) is 5.91 Å². The van der Waals surface area contributed by atoms with Crippen LogP contribution in [0.4, 0.5) is 0 Å². The zero-order valence-electron chi connectivity index (χ0n) is 10.4. The number of rotatable bonds is 7. The van der Waals surface area contributed by atoms with Crippen molar-refractivity contribution >= 4 is 28.5 Å². The SMILES string of the molecule is COCCCCCNC(=O)c1cc(I)ccc1O. The summed E-state index contributed by atoms with van der Waals surface area (Å²) in [6, 6.07) is 4.98. The number of phenols is 1. The summed E-state index contributed by atoms with van der Waals surface area (Å²) in [5.74, 6) is -0.204. The van der Waals surface area contributed by atoms with Crippen LogP contribution in [0.3, 0.4) is 0 Å². The van der Waals surface area contributed by atoms with Crippen molar-refractivity contribution in [3.05, 3.63) is 27.3 Å². The van der Waals surface area contributed by atoms with Crippen LogP contribution in [0.15, 0.2) is 18.2 Å². The molecule has 0 unspecified atom stereocenters. The summed E-state index contributed by atoms with van der Waals surface area (Å²) >= 11 is 2.11. The molecule has 0 radical (unpaired) electrons. The van der Waals surface area contributed by atoms with Crippen molar-refractivity contribution in [1.29, 1.82) is 0 Å². The number of hydrogen-bond donors (Lipinski definition) is 2. The second-order valence-electron chi connectivity index (χ2n) is 3.97. The molecule has 0 bridgehead atoms. The van der Waals surface area contributed by atoms with Crippen molar-refractivity contribution in [3.63, 3.8) is 0 Å². The summed E-state index contributed by atoms with van der Waals surface area (Å²) < 4.78 is 5.87. The zero-order valence-corrected chi connectivity index (χ0v) is 12.6. The van der Waals surface area contributed by atoms with Crippen molar-refractivity contribution in [2.24, 2.45) is 0 Å². The number of unbranched alkanes of at least 4 members (excludes halogenated alkanes) is 2. The lowest BCUT2D eigenvalue weighted by molar-refractivity contribution is 0.0950. The Kier molecular flexibility index (Phi) is 7.04. The van der Waals surface area contributed by atoms with Crippen molar-refractivity contribution in [2.75, 3.05) is 20.3 Å². The first kappa shape index (κ1) is 15.2. The summed E-state index contributed by atoms with van der Waals surface area (Å²) in [5.41, 5.74) is 0.332. The van der Waals surface area contributed by atoms with Gasteiger partial charge in [-0.05, 0) is 60.1 Å². The fourth-order valence-corrected chi connectivity index (χ4v) is 2.03. The van der Waals surface area contributed by atoms with Gasteiger partial charge in [0, 0.05) is 23.8 Å². The number of methoxy groups -OCH3 is 1. The Balaban J connectivity index is 2.34. The molecule has 0 saturated carbocycles. The maximum Gasteiger partial charge on any atom is 0.255 e. The molecule has 0 fully saturated rings. The highest BCUT2D eigenvalue weighted by Crippen LogP contribution is 2.19. The van der Waals surface area contributed by atoms with Crippen LogP contribution in [0, 0.1) is 3.57 Å². The molecule has 100 valence electrons. The van der Waals surface area contributed by atoms with Gasteiger partial charge in [0.1, 0.15) is 5.75 Å². The third-order valence-electron chi connectivity index (χ3n) is 2.51. The molecule has 1 amide bonds. The van der Waals surface area contributed by atoms with Crippen LogP contribution < -0.4 is 5.32 Å². The number of carbonyl (C=O) groups excluding carboxylic acids is 1. The number of hydrogen-bond acceptors (Lipinski definition) is 3. The van der Waals surface area contributed by atoms with Gasteiger partial charge in [0.05, 0.1) is 5.56 Å². The Labute approximate surface area is 121 Å². The fraction of sp³-hybridized carbons (Fsp3) is 0.462. The van der Waals surface area contributed by atoms with Crippen molar-refractivity contribution in [1.82, 2.24) is 5.32 Å². The van der Waals surface area contributed by atoms with Crippen molar-refractivity contribution < 1.29 is 14.6 Å². The minimum Gasteiger partial charge on any atom is -0.507 e. The van der Waals surface area contributed by atoms with E-state index in [2.05, 4.69) is 27.9 Å². The van der Waals surface area contributed by atoms with Crippen LogP contribution in [-0.4, -0.2) is 31.3 Å². The summed E-state index contributed by atoms with van der Waals surface area (Å²) in [5, 5.41) is 12.4. The average Bonchev–Trinajstić information content (AvgIpc) is 2.36.